The van der Waals surface area contributed by atoms with Gasteiger partial charge in [0.05, 0.1) is 5.56 Å². The van der Waals surface area contributed by atoms with E-state index in [0.717, 1.165) is 18.4 Å². The van der Waals surface area contributed by atoms with Crippen LogP contribution in [0.2, 0.25) is 5.02 Å². The van der Waals surface area contributed by atoms with E-state index >= 15 is 0 Å². The zero-order valence-corrected chi connectivity index (χ0v) is 8.67. The Bertz CT molecular complexity index is 374. The molecule has 1 aromatic carbocycles. The quantitative estimate of drug-likeness (QED) is 0.700. The molecule has 0 aliphatic carbocycles. The van der Waals surface area contributed by atoms with Crippen molar-refractivity contribution in [3.8, 4) is 0 Å². The molecule has 14 heavy (non-hydrogen) atoms. The zero-order valence-electron chi connectivity index (χ0n) is 7.92. The molecule has 0 amide bonds. The lowest BCUT2D eigenvalue weighted by Crippen LogP contribution is -1.97. The SMILES string of the molecule is CCCC1OC(=O)c2ccc(Cl)cc21. The number of cyclic esters (lactones) is 1. The van der Waals surface area contributed by atoms with Crippen molar-refractivity contribution in [1.82, 2.24) is 0 Å². The number of hydrogen-bond donors (Lipinski definition) is 0. The molecule has 1 unspecified atom stereocenters. The summed E-state index contributed by atoms with van der Waals surface area (Å²) in [7, 11) is 0. The summed E-state index contributed by atoms with van der Waals surface area (Å²) in [5.74, 6) is -0.227. The second-order valence-electron chi connectivity index (χ2n) is 3.41. The average molecular weight is 211 g/mol. The van der Waals surface area contributed by atoms with Crippen LogP contribution in [0.5, 0.6) is 0 Å². The summed E-state index contributed by atoms with van der Waals surface area (Å²) >= 11 is 5.87. The summed E-state index contributed by atoms with van der Waals surface area (Å²) in [5.41, 5.74) is 1.59. The Hall–Kier alpha value is -1.02. The van der Waals surface area contributed by atoms with Gasteiger partial charge in [-0.2, -0.15) is 0 Å². The first kappa shape index (κ1) is 9.53. The number of carbonyl (C=O) groups is 1. The van der Waals surface area contributed by atoms with Gasteiger partial charge in [-0.05, 0) is 24.6 Å². The van der Waals surface area contributed by atoms with Crippen molar-refractivity contribution in [1.29, 1.82) is 0 Å². The maximum absolute atomic E-state index is 11.4. The summed E-state index contributed by atoms with van der Waals surface area (Å²) in [6, 6.07) is 5.27. The molecule has 1 aliphatic heterocycles. The first-order chi connectivity index (χ1) is 6.72. The van der Waals surface area contributed by atoms with Crippen LogP contribution in [0.4, 0.5) is 0 Å². The van der Waals surface area contributed by atoms with E-state index in [1.807, 2.05) is 6.07 Å². The van der Waals surface area contributed by atoms with E-state index in [-0.39, 0.29) is 12.1 Å². The van der Waals surface area contributed by atoms with Crippen LogP contribution in [0.25, 0.3) is 0 Å². The molecule has 1 heterocycles. The fourth-order valence-corrected chi connectivity index (χ4v) is 1.90. The number of esters is 1. The lowest BCUT2D eigenvalue weighted by molar-refractivity contribution is 0.0367. The van der Waals surface area contributed by atoms with Crippen LogP contribution in [-0.4, -0.2) is 5.97 Å². The van der Waals surface area contributed by atoms with Gasteiger partial charge in [0.25, 0.3) is 0 Å². The predicted molar refractivity (Wildman–Crippen MR) is 54.5 cm³/mol. The normalized spacial score (nSPS) is 19.3. The van der Waals surface area contributed by atoms with E-state index < -0.39 is 0 Å². The lowest BCUT2D eigenvalue weighted by atomic mass is 10.0. The lowest BCUT2D eigenvalue weighted by Gasteiger charge is -2.08. The van der Waals surface area contributed by atoms with E-state index in [9.17, 15) is 4.79 Å². The van der Waals surface area contributed by atoms with E-state index in [0.29, 0.717) is 10.6 Å². The van der Waals surface area contributed by atoms with Gasteiger partial charge >= 0.3 is 5.97 Å². The topological polar surface area (TPSA) is 26.3 Å². The fourth-order valence-electron chi connectivity index (χ4n) is 1.72. The third kappa shape index (κ3) is 1.50. The largest absolute Gasteiger partial charge is 0.454 e. The van der Waals surface area contributed by atoms with Gasteiger partial charge in [0.15, 0.2) is 0 Å². The van der Waals surface area contributed by atoms with Crippen molar-refractivity contribution in [2.75, 3.05) is 0 Å². The first-order valence-electron chi connectivity index (χ1n) is 4.72. The molecule has 2 nitrogen and oxygen atoms in total. The van der Waals surface area contributed by atoms with Crippen molar-refractivity contribution in [3.63, 3.8) is 0 Å². The van der Waals surface area contributed by atoms with Gasteiger partial charge in [0.2, 0.25) is 0 Å². The van der Waals surface area contributed by atoms with Gasteiger partial charge in [-0.3, -0.25) is 0 Å². The molecule has 1 aliphatic rings. The average Bonchev–Trinajstić information content (AvgIpc) is 2.44. The van der Waals surface area contributed by atoms with Crippen LogP contribution < -0.4 is 0 Å². The van der Waals surface area contributed by atoms with Crippen LogP contribution in [0.3, 0.4) is 0 Å². The fraction of sp³-hybridized carbons (Fsp3) is 0.364. The van der Waals surface area contributed by atoms with Crippen molar-refractivity contribution in [3.05, 3.63) is 34.3 Å². The number of carbonyl (C=O) groups excluding carboxylic acids is 1. The second-order valence-corrected chi connectivity index (χ2v) is 3.85. The van der Waals surface area contributed by atoms with Gasteiger partial charge in [-0.25, -0.2) is 4.79 Å². The van der Waals surface area contributed by atoms with Gasteiger partial charge in [0.1, 0.15) is 6.10 Å². The zero-order chi connectivity index (χ0) is 10.1. The van der Waals surface area contributed by atoms with Crippen LogP contribution >= 0.6 is 11.6 Å². The summed E-state index contributed by atoms with van der Waals surface area (Å²) in [6.07, 6.45) is 1.75. The van der Waals surface area contributed by atoms with E-state index in [4.69, 9.17) is 16.3 Å². The third-order valence-corrected chi connectivity index (χ3v) is 2.62. The Morgan fingerprint density at radius 2 is 2.29 bits per heavy atom. The number of ether oxygens (including phenoxy) is 1. The highest BCUT2D eigenvalue weighted by atomic mass is 35.5. The van der Waals surface area contributed by atoms with Gasteiger partial charge < -0.3 is 4.74 Å². The smallest absolute Gasteiger partial charge is 0.339 e. The molecular formula is C11H11ClO2. The van der Waals surface area contributed by atoms with Crippen LogP contribution in [0.15, 0.2) is 18.2 Å². The highest BCUT2D eigenvalue weighted by molar-refractivity contribution is 6.30. The minimum Gasteiger partial charge on any atom is -0.454 e. The summed E-state index contributed by atoms with van der Waals surface area (Å²) in [4.78, 5) is 11.4. The van der Waals surface area contributed by atoms with E-state index in [1.54, 1.807) is 12.1 Å². The molecule has 0 radical (unpaired) electrons. The molecule has 0 fully saturated rings. The highest BCUT2D eigenvalue weighted by Gasteiger charge is 2.30. The Kier molecular flexibility index (Phi) is 2.46. The molecular weight excluding hydrogens is 200 g/mol. The van der Waals surface area contributed by atoms with Crippen molar-refractivity contribution >= 4 is 17.6 Å². The van der Waals surface area contributed by atoms with Crippen molar-refractivity contribution in [2.24, 2.45) is 0 Å². The van der Waals surface area contributed by atoms with Crippen molar-refractivity contribution < 1.29 is 9.53 Å². The van der Waals surface area contributed by atoms with Crippen LogP contribution in [0.1, 0.15) is 41.8 Å². The molecule has 1 aromatic rings. The number of hydrogen-bond acceptors (Lipinski definition) is 2. The second kappa shape index (κ2) is 3.62. The maximum Gasteiger partial charge on any atom is 0.339 e. The van der Waals surface area contributed by atoms with Crippen molar-refractivity contribution in [2.45, 2.75) is 25.9 Å². The molecule has 0 N–H and O–H groups in total. The molecule has 74 valence electrons. The number of halogens is 1. The summed E-state index contributed by atoms with van der Waals surface area (Å²) in [6.45, 7) is 2.07. The van der Waals surface area contributed by atoms with Crippen LogP contribution in [-0.2, 0) is 4.74 Å². The standard InChI is InChI=1S/C11H11ClO2/c1-2-3-10-9-6-7(12)4-5-8(9)11(13)14-10/h4-6,10H,2-3H2,1H3. The molecule has 3 heteroatoms. The molecule has 0 aromatic heterocycles. The molecule has 1 atom stereocenters. The summed E-state index contributed by atoms with van der Waals surface area (Å²) in [5, 5.41) is 0.656. The summed E-state index contributed by atoms with van der Waals surface area (Å²) < 4.78 is 5.23. The van der Waals surface area contributed by atoms with E-state index in [1.165, 1.54) is 0 Å². The Labute approximate surface area is 87.8 Å². The maximum atomic E-state index is 11.4. The highest BCUT2D eigenvalue weighted by Crippen LogP contribution is 2.35. The molecule has 0 saturated carbocycles. The monoisotopic (exact) mass is 210 g/mol. The third-order valence-electron chi connectivity index (χ3n) is 2.38. The minimum atomic E-state index is -0.227. The minimum absolute atomic E-state index is 0.0961. The number of benzene rings is 1. The predicted octanol–water partition coefficient (Wildman–Crippen LogP) is 3.35. The molecule has 0 saturated heterocycles. The molecule has 0 spiro atoms. The molecule has 2 rings (SSSR count). The van der Waals surface area contributed by atoms with E-state index in [2.05, 4.69) is 6.92 Å². The Morgan fingerprint density at radius 3 is 3.00 bits per heavy atom. The van der Waals surface area contributed by atoms with Gasteiger partial charge in [-0.15, -0.1) is 0 Å². The van der Waals surface area contributed by atoms with Gasteiger partial charge in [0, 0.05) is 10.6 Å². The number of fused-ring (bicyclic) bond motifs is 1. The Morgan fingerprint density at radius 1 is 1.50 bits per heavy atom. The molecule has 0 bridgehead atoms. The first-order valence-corrected chi connectivity index (χ1v) is 5.10. The van der Waals surface area contributed by atoms with Crippen LogP contribution in [0, 0.1) is 0 Å². The number of rotatable bonds is 2. The Balaban J connectivity index is 2.40. The van der Waals surface area contributed by atoms with Gasteiger partial charge in [-0.1, -0.05) is 24.9 Å².